The van der Waals surface area contributed by atoms with Gasteiger partial charge in [-0.05, 0) is 31.5 Å². The van der Waals surface area contributed by atoms with Gasteiger partial charge in [0.05, 0.1) is 40.7 Å². The van der Waals surface area contributed by atoms with E-state index in [2.05, 4.69) is 41.5 Å². The first-order chi connectivity index (χ1) is 18.5. The van der Waals surface area contributed by atoms with Gasteiger partial charge >= 0.3 is 0 Å². The summed E-state index contributed by atoms with van der Waals surface area (Å²) in [4.78, 5) is 35.3. The van der Waals surface area contributed by atoms with E-state index >= 15 is 4.39 Å². The summed E-state index contributed by atoms with van der Waals surface area (Å²) in [6.45, 7) is 4.07. The largest absolute Gasteiger partial charge is 0.335 e. The van der Waals surface area contributed by atoms with E-state index < -0.39 is 5.82 Å². The number of fused-ring (bicyclic) bond motifs is 2. The zero-order valence-corrected chi connectivity index (χ0v) is 21.5. The fraction of sp³-hybridized carbons (Fsp3) is 0.185. The van der Waals surface area contributed by atoms with E-state index in [1.807, 2.05) is 19.9 Å². The highest BCUT2D eigenvalue weighted by molar-refractivity contribution is 7.15. The van der Waals surface area contributed by atoms with Crippen molar-refractivity contribution in [3.05, 3.63) is 59.9 Å². The lowest BCUT2D eigenvalue weighted by Gasteiger charge is -2.08. The number of pyridine rings is 3. The van der Waals surface area contributed by atoms with Gasteiger partial charge in [-0.2, -0.15) is 5.10 Å². The molecular weight excluding hydrogens is 503 g/mol. The Morgan fingerprint density at radius 2 is 1.95 bits per heavy atom. The highest BCUT2D eigenvalue weighted by atomic mass is 32.1. The van der Waals surface area contributed by atoms with Crippen LogP contribution in [0.4, 0.5) is 10.1 Å². The SMILES string of the molecule is CCCCC(=O)Nc1cncc(-c2ncc3[nH]nc(-c4nc5c(-c6ccc(C)s6)cncc5[nH]4)c3c2F)c1. The van der Waals surface area contributed by atoms with Gasteiger partial charge in [-0.1, -0.05) is 13.3 Å². The van der Waals surface area contributed by atoms with E-state index in [0.29, 0.717) is 34.7 Å². The molecule has 1 amide bonds. The van der Waals surface area contributed by atoms with Crippen LogP contribution in [0.3, 0.4) is 0 Å². The molecule has 38 heavy (non-hydrogen) atoms. The first-order valence-electron chi connectivity index (χ1n) is 12.2. The second-order valence-corrected chi connectivity index (χ2v) is 10.3. The first-order valence-corrected chi connectivity index (χ1v) is 13.0. The summed E-state index contributed by atoms with van der Waals surface area (Å²) in [6.07, 6.45) is 10.2. The molecule has 0 radical (unpaired) electrons. The maximum atomic E-state index is 16.0. The fourth-order valence-electron chi connectivity index (χ4n) is 4.35. The second kappa shape index (κ2) is 9.75. The molecule has 0 saturated carbocycles. The number of carbonyl (C=O) groups excluding carboxylic acids is 1. The van der Waals surface area contributed by atoms with Crippen LogP contribution in [0, 0.1) is 12.7 Å². The molecule has 0 saturated heterocycles. The van der Waals surface area contributed by atoms with Gasteiger partial charge in [-0.15, -0.1) is 11.3 Å². The number of hydrogen-bond acceptors (Lipinski definition) is 7. The van der Waals surface area contributed by atoms with E-state index in [4.69, 9.17) is 4.98 Å². The average molecular weight is 527 g/mol. The quantitative estimate of drug-likeness (QED) is 0.225. The number of amides is 1. The summed E-state index contributed by atoms with van der Waals surface area (Å²) in [7, 11) is 0. The fourth-order valence-corrected chi connectivity index (χ4v) is 5.23. The van der Waals surface area contributed by atoms with E-state index in [0.717, 1.165) is 34.3 Å². The van der Waals surface area contributed by atoms with Crippen LogP contribution >= 0.6 is 11.3 Å². The normalized spacial score (nSPS) is 11.4. The Kier molecular flexibility index (Phi) is 6.12. The molecule has 0 aliphatic heterocycles. The molecular formula is C27H23FN8OS. The van der Waals surface area contributed by atoms with Gasteiger partial charge in [-0.3, -0.25) is 24.8 Å². The summed E-state index contributed by atoms with van der Waals surface area (Å²) >= 11 is 1.66. The van der Waals surface area contributed by atoms with Gasteiger partial charge in [0, 0.05) is 39.7 Å². The summed E-state index contributed by atoms with van der Waals surface area (Å²) in [5, 5.41) is 10.3. The number of hydrogen-bond donors (Lipinski definition) is 3. The molecule has 6 aromatic heterocycles. The van der Waals surface area contributed by atoms with Gasteiger partial charge in [0.15, 0.2) is 11.6 Å². The smallest absolute Gasteiger partial charge is 0.224 e. The zero-order valence-electron chi connectivity index (χ0n) is 20.7. The Balaban J connectivity index is 1.41. The van der Waals surface area contributed by atoms with E-state index in [-0.39, 0.29) is 17.0 Å². The number of rotatable bonds is 7. The Labute approximate surface area is 220 Å². The van der Waals surface area contributed by atoms with Crippen LogP contribution in [0.1, 0.15) is 31.1 Å². The van der Waals surface area contributed by atoms with Crippen molar-refractivity contribution in [2.75, 3.05) is 5.32 Å². The molecule has 0 bridgehead atoms. The molecule has 6 rings (SSSR count). The third-order valence-corrected chi connectivity index (χ3v) is 7.26. The molecule has 0 aliphatic rings. The molecule has 3 N–H and O–H groups in total. The Morgan fingerprint density at radius 1 is 1.08 bits per heavy atom. The van der Waals surface area contributed by atoms with Crippen LogP contribution in [0.15, 0.2) is 49.2 Å². The minimum absolute atomic E-state index is 0.102. The number of nitrogens with one attached hydrogen (secondary N) is 3. The number of aromatic amines is 2. The molecule has 9 nitrogen and oxygen atoms in total. The van der Waals surface area contributed by atoms with Gasteiger partial charge in [0.1, 0.15) is 16.9 Å². The summed E-state index contributed by atoms with van der Waals surface area (Å²) in [5.41, 5.74) is 4.16. The Bertz CT molecular complexity index is 1800. The van der Waals surface area contributed by atoms with Crippen molar-refractivity contribution in [1.29, 1.82) is 0 Å². The number of nitrogens with zero attached hydrogens (tertiary/aromatic N) is 5. The molecule has 0 spiro atoms. The molecule has 0 aromatic carbocycles. The minimum atomic E-state index is -0.560. The predicted molar refractivity (Wildman–Crippen MR) is 146 cm³/mol. The van der Waals surface area contributed by atoms with E-state index in [1.54, 1.807) is 29.8 Å². The second-order valence-electron chi connectivity index (χ2n) is 8.97. The molecule has 190 valence electrons. The van der Waals surface area contributed by atoms with Crippen molar-refractivity contribution in [2.24, 2.45) is 0 Å². The first kappa shape index (κ1) is 23.9. The number of H-pyrrole nitrogens is 2. The standard InChI is InChI=1S/C27H23FN8OS/c1-3-4-5-21(37)32-16-8-15(9-29-10-16)24-23(28)22-18(13-31-24)35-36-26(22)27-33-19-12-30-11-17(25(19)34-27)20-7-6-14(2)38-20/h6-13H,3-5H2,1-2H3,(H,32,37)(H,33,34)(H,35,36). The van der Waals surface area contributed by atoms with Crippen LogP contribution in [0.2, 0.25) is 0 Å². The molecule has 0 aliphatic carbocycles. The molecule has 0 fully saturated rings. The number of unbranched alkanes of at least 4 members (excludes halogenated alkanes) is 1. The van der Waals surface area contributed by atoms with E-state index in [9.17, 15) is 4.79 Å². The summed E-state index contributed by atoms with van der Waals surface area (Å²) in [6, 6.07) is 5.76. The molecule has 11 heteroatoms. The summed E-state index contributed by atoms with van der Waals surface area (Å²) in [5.74, 6) is -0.252. The van der Waals surface area contributed by atoms with Crippen LogP contribution in [0.5, 0.6) is 0 Å². The van der Waals surface area contributed by atoms with Crippen molar-refractivity contribution in [3.8, 4) is 33.2 Å². The highest BCUT2D eigenvalue weighted by Gasteiger charge is 2.22. The van der Waals surface area contributed by atoms with Crippen molar-refractivity contribution in [3.63, 3.8) is 0 Å². The lowest BCUT2D eigenvalue weighted by molar-refractivity contribution is -0.116. The number of aryl methyl sites for hydroxylation is 1. The Hall–Kier alpha value is -4.51. The lowest BCUT2D eigenvalue weighted by Crippen LogP contribution is -2.11. The third-order valence-electron chi connectivity index (χ3n) is 6.22. The maximum Gasteiger partial charge on any atom is 0.224 e. The van der Waals surface area contributed by atoms with Crippen molar-refractivity contribution in [1.82, 2.24) is 35.1 Å². The van der Waals surface area contributed by atoms with Gasteiger partial charge in [0.25, 0.3) is 0 Å². The summed E-state index contributed by atoms with van der Waals surface area (Å²) < 4.78 is 16.0. The van der Waals surface area contributed by atoms with Crippen LogP contribution in [-0.2, 0) is 4.79 Å². The van der Waals surface area contributed by atoms with E-state index in [1.165, 1.54) is 23.5 Å². The molecule has 6 aromatic rings. The number of imidazole rings is 1. The average Bonchev–Trinajstić information content (AvgIpc) is 3.65. The maximum absolute atomic E-state index is 16.0. The minimum Gasteiger partial charge on any atom is -0.335 e. The van der Waals surface area contributed by atoms with Gasteiger partial charge in [-0.25, -0.2) is 9.37 Å². The number of halogens is 1. The Morgan fingerprint density at radius 3 is 2.76 bits per heavy atom. The predicted octanol–water partition coefficient (Wildman–Crippen LogP) is 6.26. The van der Waals surface area contributed by atoms with Gasteiger partial charge in [0.2, 0.25) is 5.91 Å². The number of carbonyl (C=O) groups is 1. The van der Waals surface area contributed by atoms with Crippen molar-refractivity contribution < 1.29 is 9.18 Å². The zero-order chi connectivity index (χ0) is 26.2. The van der Waals surface area contributed by atoms with Crippen LogP contribution < -0.4 is 5.32 Å². The molecule has 0 unspecified atom stereocenters. The highest BCUT2D eigenvalue weighted by Crippen LogP contribution is 2.36. The number of aromatic nitrogens is 7. The van der Waals surface area contributed by atoms with Crippen LogP contribution in [-0.4, -0.2) is 41.0 Å². The van der Waals surface area contributed by atoms with Gasteiger partial charge < -0.3 is 10.3 Å². The van der Waals surface area contributed by atoms with Crippen LogP contribution in [0.25, 0.3) is 55.2 Å². The number of thiophene rings is 1. The molecule has 6 heterocycles. The number of anilines is 1. The topological polar surface area (TPSA) is 125 Å². The van der Waals surface area contributed by atoms with Crippen molar-refractivity contribution in [2.45, 2.75) is 33.1 Å². The lowest BCUT2D eigenvalue weighted by atomic mass is 10.1. The molecule has 0 atom stereocenters. The third kappa shape index (κ3) is 4.30. The van der Waals surface area contributed by atoms with Crippen molar-refractivity contribution >= 4 is 44.9 Å². The monoisotopic (exact) mass is 526 g/mol.